The smallest absolute Gasteiger partial charge is 0.338 e. The van der Waals surface area contributed by atoms with Gasteiger partial charge in [-0.2, -0.15) is 0 Å². The van der Waals surface area contributed by atoms with Gasteiger partial charge in [-0.15, -0.1) is 0 Å². The predicted octanol–water partition coefficient (Wildman–Crippen LogP) is 3.79. The normalized spacial score (nSPS) is 28.6. The summed E-state index contributed by atoms with van der Waals surface area (Å²) in [5.74, 6) is 0.312. The van der Waals surface area contributed by atoms with E-state index in [0.29, 0.717) is 12.5 Å². The molecule has 1 heterocycles. The van der Waals surface area contributed by atoms with Gasteiger partial charge in [-0.25, -0.2) is 4.79 Å². The van der Waals surface area contributed by atoms with E-state index >= 15 is 0 Å². The number of allylic oxidation sites excluding steroid dienone is 4. The number of hydrogen-bond donors (Lipinski definition) is 0. The van der Waals surface area contributed by atoms with Gasteiger partial charge in [-0.1, -0.05) is 23.3 Å². The fraction of sp³-hybridized carbons (Fsp3) is 0.706. The molecule has 2 aliphatic rings. The van der Waals surface area contributed by atoms with E-state index in [1.807, 2.05) is 6.92 Å². The molecule has 0 saturated carbocycles. The topological polar surface area (TPSA) is 38.8 Å². The first-order valence-electron chi connectivity index (χ1n) is 7.75. The maximum absolute atomic E-state index is 11.6. The van der Waals surface area contributed by atoms with Crippen LogP contribution in [-0.4, -0.2) is 24.8 Å². The molecule has 2 rings (SSSR count). The molecule has 0 bridgehead atoms. The monoisotopic (exact) mass is 278 g/mol. The van der Waals surface area contributed by atoms with Gasteiger partial charge < -0.3 is 9.47 Å². The summed E-state index contributed by atoms with van der Waals surface area (Å²) in [6, 6.07) is 0. The quantitative estimate of drug-likeness (QED) is 0.421. The molecule has 1 aliphatic heterocycles. The summed E-state index contributed by atoms with van der Waals surface area (Å²) in [4.78, 5) is 11.6. The minimum absolute atomic E-state index is 0.102. The highest BCUT2D eigenvalue weighted by molar-refractivity contribution is 5.78. The Morgan fingerprint density at radius 1 is 1.50 bits per heavy atom. The van der Waals surface area contributed by atoms with Crippen LogP contribution in [0.4, 0.5) is 0 Å². The van der Waals surface area contributed by atoms with Crippen molar-refractivity contribution in [1.29, 1.82) is 0 Å². The fourth-order valence-corrected chi connectivity index (χ4v) is 2.88. The molecule has 0 aromatic carbocycles. The third kappa shape index (κ3) is 4.20. The second kappa shape index (κ2) is 7.07. The summed E-state index contributed by atoms with van der Waals surface area (Å²) >= 11 is 0. The summed E-state index contributed by atoms with van der Waals surface area (Å²) in [5.41, 5.74) is 2.95. The zero-order chi connectivity index (χ0) is 14.5. The van der Waals surface area contributed by atoms with Gasteiger partial charge in [-0.05, 0) is 58.8 Å². The molecule has 0 aromatic heterocycles. The summed E-state index contributed by atoms with van der Waals surface area (Å²) in [6.07, 6.45) is 10.1. The van der Waals surface area contributed by atoms with Gasteiger partial charge >= 0.3 is 5.97 Å². The molecule has 3 atom stereocenters. The molecular formula is C17H26O3. The lowest BCUT2D eigenvalue weighted by Gasteiger charge is -2.20. The van der Waals surface area contributed by atoms with E-state index in [2.05, 4.69) is 26.0 Å². The molecule has 1 aliphatic carbocycles. The van der Waals surface area contributed by atoms with E-state index in [4.69, 9.17) is 9.47 Å². The molecule has 0 N–H and O–H groups in total. The second-order valence-electron chi connectivity index (χ2n) is 5.99. The Hall–Kier alpha value is -1.09. The van der Waals surface area contributed by atoms with Crippen molar-refractivity contribution in [3.8, 4) is 0 Å². The van der Waals surface area contributed by atoms with E-state index in [0.717, 1.165) is 25.7 Å². The van der Waals surface area contributed by atoms with Crippen LogP contribution in [-0.2, 0) is 14.3 Å². The van der Waals surface area contributed by atoms with Crippen molar-refractivity contribution in [2.45, 2.75) is 65.1 Å². The highest BCUT2D eigenvalue weighted by Gasteiger charge is 2.50. The first-order chi connectivity index (χ1) is 9.61. The zero-order valence-corrected chi connectivity index (χ0v) is 12.9. The molecule has 0 amide bonds. The highest BCUT2D eigenvalue weighted by atomic mass is 16.6. The Bertz CT molecular complexity index is 404. The predicted molar refractivity (Wildman–Crippen MR) is 79.4 cm³/mol. The fourth-order valence-electron chi connectivity index (χ4n) is 2.88. The molecule has 0 radical (unpaired) electrons. The number of rotatable bonds is 6. The average Bonchev–Trinajstić information content (AvgIpc) is 3.20. The number of esters is 1. The van der Waals surface area contributed by atoms with Crippen LogP contribution in [0.15, 0.2) is 23.3 Å². The molecule has 1 fully saturated rings. The van der Waals surface area contributed by atoms with Crippen LogP contribution in [0.2, 0.25) is 0 Å². The van der Waals surface area contributed by atoms with E-state index in [-0.39, 0.29) is 18.2 Å². The van der Waals surface area contributed by atoms with Crippen LogP contribution >= 0.6 is 0 Å². The van der Waals surface area contributed by atoms with Crippen molar-refractivity contribution in [2.24, 2.45) is 5.92 Å². The van der Waals surface area contributed by atoms with E-state index in [1.54, 1.807) is 5.57 Å². The Kier molecular flexibility index (Phi) is 5.41. The Labute approximate surface area is 122 Å². The van der Waals surface area contributed by atoms with Crippen LogP contribution in [0.25, 0.3) is 0 Å². The van der Waals surface area contributed by atoms with Gasteiger partial charge in [0.1, 0.15) is 0 Å². The number of carbonyl (C=O) groups excluding carboxylic acids is 1. The molecule has 0 spiro atoms. The van der Waals surface area contributed by atoms with Crippen LogP contribution in [0, 0.1) is 5.92 Å². The Morgan fingerprint density at radius 2 is 2.30 bits per heavy atom. The average molecular weight is 278 g/mol. The molecule has 3 unspecified atom stereocenters. The zero-order valence-electron chi connectivity index (χ0n) is 12.9. The minimum atomic E-state index is -0.291. The maximum Gasteiger partial charge on any atom is 0.338 e. The summed E-state index contributed by atoms with van der Waals surface area (Å²) in [5, 5.41) is 0. The Balaban J connectivity index is 1.73. The number of ether oxygens (including phenoxy) is 2. The number of epoxide rings is 1. The van der Waals surface area contributed by atoms with Crippen molar-refractivity contribution >= 4 is 5.97 Å². The lowest BCUT2D eigenvalue weighted by molar-refractivity contribution is -0.144. The minimum Gasteiger partial charge on any atom is -0.464 e. The highest BCUT2D eigenvalue weighted by Crippen LogP contribution is 2.39. The summed E-state index contributed by atoms with van der Waals surface area (Å²) < 4.78 is 10.5. The van der Waals surface area contributed by atoms with Crippen molar-refractivity contribution in [2.75, 3.05) is 6.61 Å². The number of hydrogen-bond acceptors (Lipinski definition) is 3. The summed E-state index contributed by atoms with van der Waals surface area (Å²) in [7, 11) is 0. The molecule has 112 valence electrons. The van der Waals surface area contributed by atoms with E-state index in [1.165, 1.54) is 12.0 Å². The van der Waals surface area contributed by atoms with Gasteiger partial charge in [0.05, 0.1) is 12.7 Å². The largest absolute Gasteiger partial charge is 0.464 e. The third-order valence-electron chi connectivity index (χ3n) is 4.07. The van der Waals surface area contributed by atoms with Crippen molar-refractivity contribution in [3.63, 3.8) is 0 Å². The summed E-state index contributed by atoms with van der Waals surface area (Å²) in [6.45, 7) is 6.55. The van der Waals surface area contributed by atoms with Crippen LogP contribution in [0.1, 0.15) is 52.9 Å². The van der Waals surface area contributed by atoms with Crippen molar-refractivity contribution in [1.82, 2.24) is 0 Å². The third-order valence-corrected chi connectivity index (χ3v) is 4.07. The molecular weight excluding hydrogens is 252 g/mol. The van der Waals surface area contributed by atoms with Crippen LogP contribution < -0.4 is 0 Å². The van der Waals surface area contributed by atoms with Gasteiger partial charge in [0.15, 0.2) is 6.10 Å². The second-order valence-corrected chi connectivity index (χ2v) is 5.99. The lowest BCUT2D eigenvalue weighted by atomic mass is 9.85. The Morgan fingerprint density at radius 3 is 2.90 bits per heavy atom. The first kappa shape index (κ1) is 15.3. The molecule has 3 nitrogen and oxygen atoms in total. The van der Waals surface area contributed by atoms with E-state index < -0.39 is 0 Å². The van der Waals surface area contributed by atoms with E-state index in [9.17, 15) is 4.79 Å². The standard InChI is InChI=1S/C17H26O3/c1-4-19-17(18)16-15(20-16)14-10-8-13(9-11-14)7-5-6-12(2)3/h6,8,14-16H,4-5,7,9-11H2,1-3H3. The van der Waals surface area contributed by atoms with Crippen LogP contribution in [0.5, 0.6) is 0 Å². The SMILES string of the molecule is CCOC(=O)C1OC1C1CC=C(CCC=C(C)C)CC1. The molecule has 1 saturated heterocycles. The van der Waals surface area contributed by atoms with Crippen LogP contribution in [0.3, 0.4) is 0 Å². The number of carbonyl (C=O) groups is 1. The van der Waals surface area contributed by atoms with Gasteiger partial charge in [0, 0.05) is 0 Å². The van der Waals surface area contributed by atoms with Gasteiger partial charge in [0.2, 0.25) is 0 Å². The lowest BCUT2D eigenvalue weighted by Crippen LogP contribution is -2.20. The first-order valence-corrected chi connectivity index (χ1v) is 7.75. The van der Waals surface area contributed by atoms with Crippen molar-refractivity contribution in [3.05, 3.63) is 23.3 Å². The molecule has 20 heavy (non-hydrogen) atoms. The van der Waals surface area contributed by atoms with Gasteiger partial charge in [-0.3, -0.25) is 0 Å². The maximum atomic E-state index is 11.6. The molecule has 0 aromatic rings. The van der Waals surface area contributed by atoms with Gasteiger partial charge in [0.25, 0.3) is 0 Å². The van der Waals surface area contributed by atoms with Crippen molar-refractivity contribution < 1.29 is 14.3 Å². The molecule has 3 heteroatoms.